The molecule has 0 saturated carbocycles. The molecule has 0 bridgehead atoms. The van der Waals surface area contributed by atoms with E-state index in [2.05, 4.69) is 11.1 Å². The zero-order valence-electron chi connectivity index (χ0n) is 18.9. The number of rotatable bonds is 8. The van der Waals surface area contributed by atoms with Crippen LogP contribution in [-0.2, 0) is 0 Å². The SMILES string of the molecule is COc1cc(/C=C(/C#N)c2nc(-c3ccc(Oc4ccccc4)cc3)cs2)cc(OC)c1OC. The highest BCUT2D eigenvalue weighted by molar-refractivity contribution is 7.11. The molecular formula is C27H22N2O4S. The molecule has 7 heteroatoms. The second kappa shape index (κ2) is 10.6. The molecule has 3 aromatic carbocycles. The summed E-state index contributed by atoms with van der Waals surface area (Å²) in [6, 6.07) is 23.2. The molecule has 0 amide bonds. The van der Waals surface area contributed by atoms with Gasteiger partial charge in [0.2, 0.25) is 5.75 Å². The van der Waals surface area contributed by atoms with Gasteiger partial charge in [0.1, 0.15) is 22.6 Å². The summed E-state index contributed by atoms with van der Waals surface area (Å²) in [4.78, 5) is 4.68. The van der Waals surface area contributed by atoms with Gasteiger partial charge in [0.15, 0.2) is 11.5 Å². The minimum absolute atomic E-state index is 0.439. The maximum atomic E-state index is 9.80. The highest BCUT2D eigenvalue weighted by Gasteiger charge is 2.14. The third kappa shape index (κ3) is 5.03. The highest BCUT2D eigenvalue weighted by atomic mass is 32.1. The zero-order chi connectivity index (χ0) is 23.9. The van der Waals surface area contributed by atoms with Crippen LogP contribution in [0.5, 0.6) is 28.7 Å². The molecule has 0 saturated heterocycles. The number of nitriles is 1. The first-order valence-corrected chi connectivity index (χ1v) is 11.2. The Morgan fingerprint density at radius 2 is 1.53 bits per heavy atom. The third-order valence-electron chi connectivity index (χ3n) is 4.98. The van der Waals surface area contributed by atoms with Crippen LogP contribution in [-0.4, -0.2) is 26.3 Å². The van der Waals surface area contributed by atoms with E-state index in [9.17, 15) is 5.26 Å². The number of allylic oxidation sites excluding steroid dienone is 1. The molecule has 0 aliphatic carbocycles. The summed E-state index contributed by atoms with van der Waals surface area (Å²) in [6.07, 6.45) is 1.75. The Morgan fingerprint density at radius 3 is 2.12 bits per heavy atom. The topological polar surface area (TPSA) is 73.6 Å². The van der Waals surface area contributed by atoms with Crippen molar-refractivity contribution < 1.29 is 18.9 Å². The van der Waals surface area contributed by atoms with Gasteiger partial charge in [-0.1, -0.05) is 18.2 Å². The molecule has 4 rings (SSSR count). The van der Waals surface area contributed by atoms with E-state index >= 15 is 0 Å². The molecule has 0 atom stereocenters. The van der Waals surface area contributed by atoms with Crippen LogP contribution in [0.25, 0.3) is 22.9 Å². The predicted molar refractivity (Wildman–Crippen MR) is 134 cm³/mol. The molecule has 0 N–H and O–H groups in total. The van der Waals surface area contributed by atoms with Crippen molar-refractivity contribution in [2.24, 2.45) is 0 Å². The van der Waals surface area contributed by atoms with E-state index < -0.39 is 0 Å². The summed E-state index contributed by atoms with van der Waals surface area (Å²) in [5, 5.41) is 12.4. The van der Waals surface area contributed by atoms with Crippen LogP contribution in [0.15, 0.2) is 72.1 Å². The van der Waals surface area contributed by atoms with E-state index in [4.69, 9.17) is 18.9 Å². The quantitative estimate of drug-likeness (QED) is 0.267. The summed E-state index contributed by atoms with van der Waals surface area (Å²) in [6.45, 7) is 0. The first-order valence-electron chi connectivity index (χ1n) is 10.4. The molecule has 0 aliphatic heterocycles. The smallest absolute Gasteiger partial charge is 0.203 e. The fraction of sp³-hybridized carbons (Fsp3) is 0.111. The van der Waals surface area contributed by atoms with Gasteiger partial charge in [-0.15, -0.1) is 11.3 Å². The first kappa shape index (κ1) is 22.9. The molecule has 0 unspecified atom stereocenters. The standard InChI is InChI=1S/C27H22N2O4S/c1-30-24-14-18(15-25(31-2)26(24)32-3)13-20(16-28)27-29-23(17-34-27)19-9-11-22(12-10-19)33-21-7-5-4-6-8-21/h4-15,17H,1-3H3/b20-13-. The zero-order valence-corrected chi connectivity index (χ0v) is 19.8. The fourth-order valence-corrected chi connectivity index (χ4v) is 4.14. The first-order chi connectivity index (χ1) is 16.6. The molecule has 0 radical (unpaired) electrons. The Kier molecular flexibility index (Phi) is 7.11. The van der Waals surface area contributed by atoms with Gasteiger partial charge < -0.3 is 18.9 Å². The average molecular weight is 471 g/mol. The summed E-state index contributed by atoms with van der Waals surface area (Å²) < 4.78 is 22.0. The molecule has 4 aromatic rings. The number of para-hydroxylation sites is 1. The summed E-state index contributed by atoms with van der Waals surface area (Å²) in [7, 11) is 4.66. The van der Waals surface area contributed by atoms with Crippen molar-refractivity contribution in [2.75, 3.05) is 21.3 Å². The summed E-state index contributed by atoms with van der Waals surface area (Å²) >= 11 is 1.41. The van der Waals surface area contributed by atoms with Gasteiger partial charge in [-0.25, -0.2) is 4.98 Å². The van der Waals surface area contributed by atoms with Gasteiger partial charge in [0, 0.05) is 10.9 Å². The Balaban J connectivity index is 1.58. The van der Waals surface area contributed by atoms with Crippen molar-refractivity contribution in [3.8, 4) is 46.1 Å². The maximum Gasteiger partial charge on any atom is 0.203 e. The molecular weight excluding hydrogens is 448 g/mol. The molecule has 0 spiro atoms. The second-order valence-corrected chi connectivity index (χ2v) is 7.96. The van der Waals surface area contributed by atoms with Crippen molar-refractivity contribution >= 4 is 23.0 Å². The van der Waals surface area contributed by atoms with Gasteiger partial charge >= 0.3 is 0 Å². The molecule has 34 heavy (non-hydrogen) atoms. The monoisotopic (exact) mass is 470 g/mol. The van der Waals surface area contributed by atoms with Crippen molar-refractivity contribution in [1.82, 2.24) is 4.98 Å². The summed E-state index contributed by atoms with van der Waals surface area (Å²) in [5.41, 5.74) is 2.91. The van der Waals surface area contributed by atoms with Crippen molar-refractivity contribution in [3.63, 3.8) is 0 Å². The predicted octanol–water partition coefficient (Wildman–Crippen LogP) is 6.69. The minimum atomic E-state index is 0.439. The molecule has 0 aliphatic rings. The van der Waals surface area contributed by atoms with Crippen molar-refractivity contribution in [1.29, 1.82) is 5.26 Å². The fourth-order valence-electron chi connectivity index (χ4n) is 3.34. The van der Waals surface area contributed by atoms with Crippen molar-refractivity contribution in [2.45, 2.75) is 0 Å². The van der Waals surface area contributed by atoms with Crippen LogP contribution >= 0.6 is 11.3 Å². The van der Waals surface area contributed by atoms with Gasteiger partial charge in [-0.2, -0.15) is 5.26 Å². The largest absolute Gasteiger partial charge is 0.493 e. The third-order valence-corrected chi connectivity index (χ3v) is 5.86. The Hall–Kier alpha value is -4.28. The van der Waals surface area contributed by atoms with Crippen LogP contribution in [0.3, 0.4) is 0 Å². The number of hydrogen-bond acceptors (Lipinski definition) is 7. The number of methoxy groups -OCH3 is 3. The molecule has 1 aromatic heterocycles. The van der Waals surface area contributed by atoms with Crippen LogP contribution in [0.1, 0.15) is 10.6 Å². The van der Waals surface area contributed by atoms with Crippen LogP contribution in [0, 0.1) is 11.3 Å². The van der Waals surface area contributed by atoms with Crippen LogP contribution in [0.4, 0.5) is 0 Å². The van der Waals surface area contributed by atoms with E-state index in [0.717, 1.165) is 28.3 Å². The summed E-state index contributed by atoms with van der Waals surface area (Å²) in [5.74, 6) is 3.05. The number of nitrogens with zero attached hydrogens (tertiary/aromatic N) is 2. The van der Waals surface area contributed by atoms with Crippen molar-refractivity contribution in [3.05, 3.63) is 82.7 Å². The average Bonchev–Trinajstić information content (AvgIpc) is 3.37. The van der Waals surface area contributed by atoms with Gasteiger partial charge in [0.25, 0.3) is 0 Å². The maximum absolute atomic E-state index is 9.80. The van der Waals surface area contributed by atoms with E-state index in [-0.39, 0.29) is 0 Å². The van der Waals surface area contributed by atoms with Gasteiger partial charge in [-0.3, -0.25) is 0 Å². The van der Waals surface area contributed by atoms with E-state index in [1.165, 1.54) is 11.3 Å². The van der Waals surface area contributed by atoms with Gasteiger partial charge in [-0.05, 0) is 60.2 Å². The van der Waals surface area contributed by atoms with E-state index in [1.54, 1.807) is 39.5 Å². The minimum Gasteiger partial charge on any atom is -0.493 e. The number of hydrogen-bond donors (Lipinski definition) is 0. The van der Waals surface area contributed by atoms with Crippen LogP contribution in [0.2, 0.25) is 0 Å². The lowest BCUT2D eigenvalue weighted by molar-refractivity contribution is 0.324. The Morgan fingerprint density at radius 1 is 0.882 bits per heavy atom. The van der Waals surface area contributed by atoms with Gasteiger partial charge in [0.05, 0.1) is 32.6 Å². The van der Waals surface area contributed by atoms with Crippen LogP contribution < -0.4 is 18.9 Å². The normalized spacial score (nSPS) is 10.9. The lowest BCUT2D eigenvalue weighted by Crippen LogP contribution is -1.95. The lowest BCUT2D eigenvalue weighted by Gasteiger charge is -2.13. The Labute approximate surface area is 202 Å². The number of ether oxygens (including phenoxy) is 4. The highest BCUT2D eigenvalue weighted by Crippen LogP contribution is 2.39. The number of thiazole rings is 1. The molecule has 0 fully saturated rings. The Bertz CT molecular complexity index is 1310. The van der Waals surface area contributed by atoms with E-state index in [0.29, 0.717) is 27.8 Å². The van der Waals surface area contributed by atoms with E-state index in [1.807, 2.05) is 60.0 Å². The second-order valence-electron chi connectivity index (χ2n) is 7.11. The number of aromatic nitrogens is 1. The molecule has 6 nitrogen and oxygen atoms in total. The molecule has 1 heterocycles. The molecule has 170 valence electrons. The lowest BCUT2D eigenvalue weighted by atomic mass is 10.1. The number of benzene rings is 3.